The van der Waals surface area contributed by atoms with Crippen molar-refractivity contribution < 1.29 is 0 Å². The van der Waals surface area contributed by atoms with Gasteiger partial charge >= 0.3 is 0 Å². The number of thiazole rings is 1. The molecule has 0 aromatic carbocycles. The first-order chi connectivity index (χ1) is 6.33. The van der Waals surface area contributed by atoms with Crippen molar-refractivity contribution in [1.82, 2.24) is 15.6 Å². The number of aromatic nitrogens is 1. The Bertz CT molecular complexity index is 246. The summed E-state index contributed by atoms with van der Waals surface area (Å²) >= 11 is 6.67. The predicted molar refractivity (Wildman–Crippen MR) is 59.8 cm³/mol. The van der Waals surface area contributed by atoms with E-state index in [2.05, 4.69) is 22.5 Å². The van der Waals surface area contributed by atoms with Crippen molar-refractivity contribution in [2.75, 3.05) is 6.54 Å². The van der Waals surface area contributed by atoms with Gasteiger partial charge < -0.3 is 10.6 Å². The summed E-state index contributed by atoms with van der Waals surface area (Å²) < 4.78 is 0. The highest BCUT2D eigenvalue weighted by Gasteiger charge is 1.96. The summed E-state index contributed by atoms with van der Waals surface area (Å²) in [6.07, 6.45) is 2.88. The second-order valence-corrected chi connectivity index (χ2v) is 3.92. The zero-order valence-corrected chi connectivity index (χ0v) is 9.17. The van der Waals surface area contributed by atoms with Crippen LogP contribution in [0, 0.1) is 0 Å². The molecule has 0 saturated carbocycles. The van der Waals surface area contributed by atoms with Gasteiger partial charge in [0.25, 0.3) is 0 Å². The van der Waals surface area contributed by atoms with Crippen LogP contribution in [0.15, 0.2) is 11.6 Å². The summed E-state index contributed by atoms with van der Waals surface area (Å²) in [5.41, 5.74) is 0. The third-order valence-electron chi connectivity index (χ3n) is 1.42. The molecule has 0 unspecified atom stereocenters. The van der Waals surface area contributed by atoms with Crippen molar-refractivity contribution in [3.63, 3.8) is 0 Å². The molecule has 72 valence electrons. The van der Waals surface area contributed by atoms with Crippen molar-refractivity contribution in [2.24, 2.45) is 0 Å². The largest absolute Gasteiger partial charge is 0.363 e. The molecule has 0 radical (unpaired) electrons. The summed E-state index contributed by atoms with van der Waals surface area (Å²) in [4.78, 5) is 4.14. The van der Waals surface area contributed by atoms with Crippen LogP contribution in [0.3, 0.4) is 0 Å². The van der Waals surface area contributed by atoms with Crippen molar-refractivity contribution >= 4 is 28.7 Å². The van der Waals surface area contributed by atoms with Gasteiger partial charge in [0, 0.05) is 18.1 Å². The minimum Gasteiger partial charge on any atom is -0.363 e. The molecule has 1 heterocycles. The smallest absolute Gasteiger partial charge is 0.166 e. The van der Waals surface area contributed by atoms with Gasteiger partial charge in [-0.25, -0.2) is 4.98 Å². The van der Waals surface area contributed by atoms with Gasteiger partial charge in [-0.2, -0.15) is 0 Å². The van der Waals surface area contributed by atoms with Crippen molar-refractivity contribution in [1.29, 1.82) is 0 Å². The molecule has 0 aliphatic carbocycles. The summed E-state index contributed by atoms with van der Waals surface area (Å²) in [7, 11) is 0. The lowest BCUT2D eigenvalue weighted by molar-refractivity contribution is 0.797. The van der Waals surface area contributed by atoms with Crippen LogP contribution in [0.5, 0.6) is 0 Å². The topological polar surface area (TPSA) is 37.0 Å². The Morgan fingerprint density at radius 1 is 1.62 bits per heavy atom. The second-order valence-electron chi connectivity index (χ2n) is 2.54. The lowest BCUT2D eigenvalue weighted by Gasteiger charge is -2.07. The lowest BCUT2D eigenvalue weighted by Crippen LogP contribution is -2.35. The zero-order valence-electron chi connectivity index (χ0n) is 7.54. The maximum atomic E-state index is 5.05. The molecule has 0 saturated heterocycles. The van der Waals surface area contributed by atoms with E-state index in [1.165, 1.54) is 0 Å². The van der Waals surface area contributed by atoms with E-state index >= 15 is 0 Å². The molecular weight excluding hydrogens is 202 g/mol. The number of nitrogens with one attached hydrogen (secondary N) is 2. The van der Waals surface area contributed by atoms with Gasteiger partial charge in [-0.15, -0.1) is 11.3 Å². The highest BCUT2D eigenvalue weighted by Crippen LogP contribution is 2.02. The fourth-order valence-corrected chi connectivity index (χ4v) is 1.53. The summed E-state index contributed by atoms with van der Waals surface area (Å²) in [6.45, 7) is 3.74. The average Bonchev–Trinajstić information content (AvgIpc) is 2.64. The first-order valence-corrected chi connectivity index (χ1v) is 5.51. The van der Waals surface area contributed by atoms with Crippen LogP contribution in [-0.2, 0) is 6.54 Å². The minimum absolute atomic E-state index is 0.706. The van der Waals surface area contributed by atoms with E-state index in [4.69, 9.17) is 12.2 Å². The van der Waals surface area contributed by atoms with Gasteiger partial charge in [0.15, 0.2) is 5.11 Å². The van der Waals surface area contributed by atoms with E-state index in [9.17, 15) is 0 Å². The first-order valence-electron chi connectivity index (χ1n) is 4.23. The van der Waals surface area contributed by atoms with Gasteiger partial charge in [-0.3, -0.25) is 0 Å². The third-order valence-corrected chi connectivity index (χ3v) is 2.49. The van der Waals surface area contributed by atoms with Gasteiger partial charge in [0.05, 0.1) is 6.54 Å². The molecule has 0 fully saturated rings. The van der Waals surface area contributed by atoms with Crippen LogP contribution in [0.4, 0.5) is 0 Å². The molecule has 3 nitrogen and oxygen atoms in total. The molecule has 13 heavy (non-hydrogen) atoms. The number of nitrogens with zero attached hydrogens (tertiary/aromatic N) is 1. The lowest BCUT2D eigenvalue weighted by atomic mass is 10.5. The van der Waals surface area contributed by atoms with Crippen LogP contribution in [0.2, 0.25) is 0 Å². The molecule has 1 aromatic heterocycles. The van der Waals surface area contributed by atoms with Crippen LogP contribution in [-0.4, -0.2) is 16.6 Å². The molecule has 0 spiro atoms. The average molecular weight is 215 g/mol. The SMILES string of the molecule is CCCNC(=S)NCc1nccs1. The Morgan fingerprint density at radius 3 is 3.08 bits per heavy atom. The summed E-state index contributed by atoms with van der Waals surface area (Å²) in [5, 5.41) is 9.90. The standard InChI is InChI=1S/C8H13N3S2/c1-2-3-10-8(12)11-6-7-9-4-5-13-7/h4-5H,2-3,6H2,1H3,(H2,10,11,12). The highest BCUT2D eigenvalue weighted by atomic mass is 32.1. The fourth-order valence-electron chi connectivity index (χ4n) is 0.797. The van der Waals surface area contributed by atoms with E-state index in [1.807, 2.05) is 5.38 Å². The van der Waals surface area contributed by atoms with Gasteiger partial charge in [0.2, 0.25) is 0 Å². The van der Waals surface area contributed by atoms with E-state index in [0.29, 0.717) is 11.7 Å². The minimum atomic E-state index is 0.706. The highest BCUT2D eigenvalue weighted by molar-refractivity contribution is 7.80. The molecule has 0 bridgehead atoms. The fraction of sp³-hybridized carbons (Fsp3) is 0.500. The normalized spacial score (nSPS) is 9.62. The Kier molecular flexibility index (Phi) is 4.70. The number of thiocarbonyl (C=S) groups is 1. The Morgan fingerprint density at radius 2 is 2.46 bits per heavy atom. The van der Waals surface area contributed by atoms with Gasteiger partial charge in [-0.1, -0.05) is 6.92 Å². The first kappa shape index (κ1) is 10.4. The molecular formula is C8H13N3S2. The maximum absolute atomic E-state index is 5.05. The molecule has 5 heteroatoms. The van der Waals surface area contributed by atoms with E-state index in [-0.39, 0.29) is 0 Å². The zero-order chi connectivity index (χ0) is 9.52. The Hall–Kier alpha value is -0.680. The van der Waals surface area contributed by atoms with E-state index in [1.54, 1.807) is 17.5 Å². The molecule has 0 amide bonds. The van der Waals surface area contributed by atoms with Gasteiger partial charge in [-0.05, 0) is 18.6 Å². The number of hydrogen-bond acceptors (Lipinski definition) is 3. The second kappa shape index (κ2) is 5.88. The van der Waals surface area contributed by atoms with Crippen molar-refractivity contribution in [3.05, 3.63) is 16.6 Å². The molecule has 2 N–H and O–H groups in total. The number of rotatable bonds is 4. The quantitative estimate of drug-likeness (QED) is 0.747. The van der Waals surface area contributed by atoms with Crippen LogP contribution < -0.4 is 10.6 Å². The molecule has 0 aliphatic heterocycles. The summed E-state index contributed by atoms with van der Waals surface area (Å²) in [5.74, 6) is 0. The molecule has 1 aromatic rings. The van der Waals surface area contributed by atoms with E-state index < -0.39 is 0 Å². The van der Waals surface area contributed by atoms with Crippen molar-refractivity contribution in [3.8, 4) is 0 Å². The van der Waals surface area contributed by atoms with Crippen molar-refractivity contribution in [2.45, 2.75) is 19.9 Å². The third kappa shape index (κ3) is 4.19. The van der Waals surface area contributed by atoms with Crippen LogP contribution >= 0.6 is 23.6 Å². The molecule has 0 aliphatic rings. The van der Waals surface area contributed by atoms with Gasteiger partial charge in [0.1, 0.15) is 5.01 Å². The molecule has 1 rings (SSSR count). The number of hydrogen-bond donors (Lipinski definition) is 2. The van der Waals surface area contributed by atoms with Crippen LogP contribution in [0.1, 0.15) is 18.4 Å². The monoisotopic (exact) mass is 215 g/mol. The maximum Gasteiger partial charge on any atom is 0.166 e. The predicted octanol–water partition coefficient (Wildman–Crippen LogP) is 1.52. The summed E-state index contributed by atoms with van der Waals surface area (Å²) in [6, 6.07) is 0. The Balaban J connectivity index is 2.15. The Labute approximate surface area is 87.6 Å². The van der Waals surface area contributed by atoms with E-state index in [0.717, 1.165) is 18.0 Å². The molecule has 0 atom stereocenters. The van der Waals surface area contributed by atoms with Crippen LogP contribution in [0.25, 0.3) is 0 Å².